The van der Waals surface area contributed by atoms with Crippen molar-refractivity contribution in [1.29, 1.82) is 5.41 Å². The van der Waals surface area contributed by atoms with Gasteiger partial charge < -0.3 is 9.83 Å². The third-order valence-electron chi connectivity index (χ3n) is 10.1. The Morgan fingerprint density at radius 1 is 0.538 bits per heavy atom. The lowest BCUT2D eigenvalue weighted by atomic mass is 9.91. The topological polar surface area (TPSA) is 37.0 Å². The van der Waals surface area contributed by atoms with E-state index in [1.54, 1.807) is 0 Å². The molecule has 0 bridgehead atoms. The minimum Gasteiger partial charge on any atom is -0.455 e. The van der Waals surface area contributed by atoms with Gasteiger partial charge in [0.2, 0.25) is 0 Å². The van der Waals surface area contributed by atoms with Crippen LogP contribution in [0.1, 0.15) is 23.1 Å². The fourth-order valence-corrected chi connectivity index (χ4v) is 7.52. The van der Waals surface area contributed by atoms with Crippen molar-refractivity contribution in [2.24, 2.45) is 0 Å². The van der Waals surface area contributed by atoms with Crippen LogP contribution in [-0.2, 0) is 0 Å². The summed E-state index contributed by atoms with van der Waals surface area (Å²) in [5, 5.41) is 19.0. The second-order valence-electron chi connectivity index (χ2n) is 13.3. The highest BCUT2D eigenvalue weighted by molar-refractivity contribution is 6.25. The SMILES string of the molecule is C=C(/C=C/c1ccccc1)/C(=C\CC(=N)c1cccc(-c2ccc3c4ccccc4c4ccccc4c3c2)c1)c1cccc2c1oc1ccccc12. The van der Waals surface area contributed by atoms with Crippen molar-refractivity contribution < 1.29 is 4.42 Å². The highest BCUT2D eigenvalue weighted by Crippen LogP contribution is 2.38. The van der Waals surface area contributed by atoms with Crippen LogP contribution in [0, 0.1) is 5.41 Å². The number of hydrogen-bond donors (Lipinski definition) is 1. The Morgan fingerprint density at radius 2 is 1.13 bits per heavy atom. The number of furan rings is 1. The highest BCUT2D eigenvalue weighted by atomic mass is 16.3. The van der Waals surface area contributed by atoms with Gasteiger partial charge in [-0.2, -0.15) is 0 Å². The molecule has 0 fully saturated rings. The quantitative estimate of drug-likeness (QED) is 0.0979. The number of rotatable bonds is 8. The maximum Gasteiger partial charge on any atom is 0.143 e. The van der Waals surface area contributed by atoms with E-state index < -0.39 is 0 Å². The first-order valence-electron chi connectivity index (χ1n) is 17.7. The van der Waals surface area contributed by atoms with Gasteiger partial charge >= 0.3 is 0 Å². The molecule has 0 atom stereocenters. The maximum atomic E-state index is 9.29. The molecule has 2 heteroatoms. The zero-order valence-electron chi connectivity index (χ0n) is 28.6. The first-order chi connectivity index (χ1) is 25.6. The Balaban J connectivity index is 1.09. The third-order valence-corrected chi connectivity index (χ3v) is 10.1. The van der Waals surface area contributed by atoms with Gasteiger partial charge in [-0.25, -0.2) is 0 Å². The zero-order chi connectivity index (χ0) is 35.0. The van der Waals surface area contributed by atoms with Crippen molar-refractivity contribution in [1.82, 2.24) is 0 Å². The number of benzene rings is 8. The van der Waals surface area contributed by atoms with E-state index in [1.165, 1.54) is 32.3 Å². The molecule has 0 unspecified atom stereocenters. The van der Waals surface area contributed by atoms with E-state index in [0.29, 0.717) is 12.1 Å². The first kappa shape index (κ1) is 31.2. The molecule has 0 radical (unpaired) electrons. The Bertz CT molecular complexity index is 2870. The largest absolute Gasteiger partial charge is 0.455 e. The first-order valence-corrected chi connectivity index (χ1v) is 17.7. The molecule has 2 nitrogen and oxygen atoms in total. The van der Waals surface area contributed by atoms with Crippen molar-refractivity contribution >= 4 is 71.6 Å². The van der Waals surface area contributed by atoms with Gasteiger partial charge in [-0.05, 0) is 83.9 Å². The number of hydrogen-bond acceptors (Lipinski definition) is 2. The predicted molar refractivity (Wildman–Crippen MR) is 222 cm³/mol. The molecule has 9 rings (SSSR count). The molecule has 246 valence electrons. The van der Waals surface area contributed by atoms with Gasteiger partial charge in [-0.1, -0.05) is 170 Å². The normalized spacial score (nSPS) is 12.1. The summed E-state index contributed by atoms with van der Waals surface area (Å²) in [6.45, 7) is 4.51. The van der Waals surface area contributed by atoms with Crippen molar-refractivity contribution in [3.63, 3.8) is 0 Å². The molecule has 0 aliphatic carbocycles. The Labute approximate surface area is 302 Å². The summed E-state index contributed by atoms with van der Waals surface area (Å²) in [6, 6.07) is 57.1. The monoisotopic (exact) mass is 665 g/mol. The van der Waals surface area contributed by atoms with Gasteiger partial charge in [-0.15, -0.1) is 0 Å². The fourth-order valence-electron chi connectivity index (χ4n) is 7.52. The minimum absolute atomic E-state index is 0.432. The molecule has 0 spiro atoms. The molecular weight excluding hydrogens is 631 g/mol. The second kappa shape index (κ2) is 13.2. The molecule has 0 saturated heterocycles. The molecule has 8 aromatic carbocycles. The Morgan fingerprint density at radius 3 is 1.88 bits per heavy atom. The molecule has 1 aromatic heterocycles. The van der Waals surface area contributed by atoms with E-state index in [-0.39, 0.29) is 0 Å². The molecule has 52 heavy (non-hydrogen) atoms. The number of para-hydroxylation sites is 2. The summed E-state index contributed by atoms with van der Waals surface area (Å²) in [6.07, 6.45) is 6.70. The van der Waals surface area contributed by atoms with Crippen molar-refractivity contribution in [2.45, 2.75) is 6.42 Å². The fraction of sp³-hybridized carbons (Fsp3) is 0.0200. The molecule has 1 heterocycles. The van der Waals surface area contributed by atoms with Crippen LogP contribution in [-0.4, -0.2) is 5.71 Å². The van der Waals surface area contributed by atoms with E-state index >= 15 is 0 Å². The summed E-state index contributed by atoms with van der Waals surface area (Å²) in [4.78, 5) is 0. The smallest absolute Gasteiger partial charge is 0.143 e. The van der Waals surface area contributed by atoms with Gasteiger partial charge in [-0.3, -0.25) is 0 Å². The van der Waals surface area contributed by atoms with Crippen molar-refractivity contribution in [3.05, 3.63) is 205 Å². The standard InChI is InChI=1S/C50H35NO/c1-33(25-26-34-13-3-2-4-14-34)38(45-22-12-23-46-44-21-9-10-24-49(44)52-50(45)46)29-30-48(51)37-16-11-15-35(31-37)36-27-28-43-41-19-6-5-17-39(41)40-18-7-8-20-42(40)47(43)32-36/h2-29,31-32,51H,1,30H2/b26-25+,38-29+,51-48?. The number of allylic oxidation sites excluding steroid dienone is 4. The average Bonchev–Trinajstić information content (AvgIpc) is 3.60. The molecule has 0 aliphatic rings. The lowest BCUT2D eigenvalue weighted by molar-refractivity contribution is 0.667. The molecule has 0 saturated carbocycles. The maximum absolute atomic E-state index is 9.29. The van der Waals surface area contributed by atoms with E-state index in [9.17, 15) is 5.41 Å². The Hall–Kier alpha value is -6.77. The lowest BCUT2D eigenvalue weighted by Crippen LogP contribution is -1.99. The Kier molecular flexibility index (Phi) is 7.91. The number of nitrogens with one attached hydrogen (secondary N) is 1. The molecule has 9 aromatic rings. The van der Waals surface area contributed by atoms with Crippen LogP contribution < -0.4 is 0 Å². The van der Waals surface area contributed by atoms with Crippen LogP contribution >= 0.6 is 0 Å². The van der Waals surface area contributed by atoms with Crippen LogP contribution in [0.15, 0.2) is 193 Å². The zero-order valence-corrected chi connectivity index (χ0v) is 28.6. The average molecular weight is 666 g/mol. The molecular formula is C50H35NO. The third kappa shape index (κ3) is 5.61. The summed E-state index contributed by atoms with van der Waals surface area (Å²) in [7, 11) is 0. The molecule has 0 amide bonds. The minimum atomic E-state index is 0.432. The van der Waals surface area contributed by atoms with Gasteiger partial charge in [0.1, 0.15) is 11.2 Å². The van der Waals surface area contributed by atoms with Crippen molar-refractivity contribution in [3.8, 4) is 11.1 Å². The predicted octanol–water partition coefficient (Wildman–Crippen LogP) is 13.8. The lowest BCUT2D eigenvalue weighted by Gasteiger charge is -2.13. The van der Waals surface area contributed by atoms with Crippen LogP contribution in [0.25, 0.3) is 77.0 Å². The summed E-state index contributed by atoms with van der Waals surface area (Å²) < 4.78 is 6.45. The van der Waals surface area contributed by atoms with Gasteiger partial charge in [0.25, 0.3) is 0 Å². The van der Waals surface area contributed by atoms with E-state index in [0.717, 1.165) is 60.9 Å². The van der Waals surface area contributed by atoms with Gasteiger partial charge in [0.05, 0.1) is 0 Å². The van der Waals surface area contributed by atoms with Crippen LogP contribution in [0.2, 0.25) is 0 Å². The summed E-state index contributed by atoms with van der Waals surface area (Å²) in [5.74, 6) is 0. The van der Waals surface area contributed by atoms with E-state index in [1.807, 2.05) is 42.5 Å². The molecule has 0 aliphatic heterocycles. The van der Waals surface area contributed by atoms with Gasteiger partial charge in [0.15, 0.2) is 0 Å². The van der Waals surface area contributed by atoms with Crippen LogP contribution in [0.4, 0.5) is 0 Å². The highest BCUT2D eigenvalue weighted by Gasteiger charge is 2.16. The van der Waals surface area contributed by atoms with Gasteiger partial charge in [0, 0.05) is 28.5 Å². The van der Waals surface area contributed by atoms with E-state index in [4.69, 9.17) is 4.42 Å². The summed E-state index contributed by atoms with van der Waals surface area (Å²) >= 11 is 0. The van der Waals surface area contributed by atoms with Crippen LogP contribution in [0.5, 0.6) is 0 Å². The van der Waals surface area contributed by atoms with Crippen molar-refractivity contribution in [2.75, 3.05) is 0 Å². The molecule has 1 N–H and O–H groups in total. The van der Waals surface area contributed by atoms with E-state index in [2.05, 4.69) is 146 Å². The number of fused-ring (bicyclic) bond motifs is 9. The summed E-state index contributed by atoms with van der Waals surface area (Å²) in [5.41, 5.74) is 9.21. The second-order valence-corrected chi connectivity index (χ2v) is 13.3. The van der Waals surface area contributed by atoms with Crippen LogP contribution in [0.3, 0.4) is 0 Å².